The van der Waals surface area contributed by atoms with Crippen molar-refractivity contribution in [1.29, 1.82) is 0 Å². The zero-order valence-electron chi connectivity index (χ0n) is 22.3. The molecule has 0 bridgehead atoms. The maximum atomic E-state index is 10.7. The Morgan fingerprint density at radius 2 is 0.600 bits per heavy atom. The topological polar surface area (TPSA) is 232 Å². The number of aromatic hydroxyl groups is 3. The molecular weight excluding hydrogens is 603 g/mol. The molecule has 3 radical (unpaired) electrons. The Balaban J connectivity index is 0.000000563. The van der Waals surface area contributed by atoms with Gasteiger partial charge in [-0.15, -0.1) is 0 Å². The molecule has 0 unspecified atom stereocenters. The van der Waals surface area contributed by atoms with Gasteiger partial charge in [0.25, 0.3) is 0 Å². The van der Waals surface area contributed by atoms with E-state index in [1.807, 2.05) is 0 Å². The molecule has 3 aromatic rings. The standard InChI is InChI=1S/3C8H10O4S.Al/c3*1-5-6(2)8(13(10,11)12)4-3-7(5)9;/h3*3-4,9H,1-2H3,(H,10,11,12);/p-3. The van der Waals surface area contributed by atoms with Crippen LogP contribution in [0.25, 0.3) is 0 Å². The molecular formula is C24H27AlO12S3-3. The Kier molecular flexibility index (Phi) is 12.9. The van der Waals surface area contributed by atoms with Crippen molar-refractivity contribution in [3.05, 3.63) is 69.8 Å². The monoisotopic (exact) mass is 630 g/mol. The van der Waals surface area contributed by atoms with Gasteiger partial charge in [-0.05, 0) is 111 Å². The number of benzene rings is 3. The predicted molar refractivity (Wildman–Crippen MR) is 142 cm³/mol. The van der Waals surface area contributed by atoms with Gasteiger partial charge in [0.1, 0.15) is 47.6 Å². The lowest BCUT2D eigenvalue weighted by molar-refractivity contribution is 0.456. The summed E-state index contributed by atoms with van der Waals surface area (Å²) in [6, 6.07) is 6.94. The number of phenolic OH excluding ortho intramolecular Hbond substituents is 3. The van der Waals surface area contributed by atoms with Crippen molar-refractivity contribution in [2.24, 2.45) is 0 Å². The minimum Gasteiger partial charge on any atom is -0.744 e. The Morgan fingerprint density at radius 1 is 0.425 bits per heavy atom. The van der Waals surface area contributed by atoms with Gasteiger partial charge in [-0.1, -0.05) is 0 Å². The quantitative estimate of drug-likeness (QED) is 0.280. The summed E-state index contributed by atoms with van der Waals surface area (Å²) in [5.74, 6) is -0.0281. The van der Waals surface area contributed by atoms with Gasteiger partial charge in [0.15, 0.2) is 0 Å². The average molecular weight is 631 g/mol. The third-order valence-corrected chi connectivity index (χ3v) is 8.88. The molecule has 0 saturated carbocycles. The van der Waals surface area contributed by atoms with E-state index in [1.54, 1.807) is 20.8 Å². The zero-order chi connectivity index (χ0) is 30.7. The van der Waals surface area contributed by atoms with Gasteiger partial charge in [0, 0.05) is 17.4 Å². The molecule has 40 heavy (non-hydrogen) atoms. The van der Waals surface area contributed by atoms with Gasteiger partial charge >= 0.3 is 0 Å². The van der Waals surface area contributed by atoms with Crippen LogP contribution in [0.4, 0.5) is 0 Å². The summed E-state index contributed by atoms with van der Waals surface area (Å²) in [7, 11) is -13.3. The highest BCUT2D eigenvalue weighted by Gasteiger charge is 2.11. The summed E-state index contributed by atoms with van der Waals surface area (Å²) in [4.78, 5) is -0.826. The number of hydrogen-bond donors (Lipinski definition) is 3. The molecule has 0 atom stereocenters. The highest BCUT2D eigenvalue weighted by molar-refractivity contribution is 7.86. The normalized spacial score (nSPS) is 11.3. The van der Waals surface area contributed by atoms with Crippen LogP contribution < -0.4 is 0 Å². The second-order valence-electron chi connectivity index (χ2n) is 8.36. The molecule has 12 nitrogen and oxygen atoms in total. The van der Waals surface area contributed by atoms with Crippen molar-refractivity contribution in [3.8, 4) is 17.2 Å². The Morgan fingerprint density at radius 3 is 0.750 bits per heavy atom. The fourth-order valence-corrected chi connectivity index (χ4v) is 5.45. The van der Waals surface area contributed by atoms with E-state index >= 15 is 0 Å². The van der Waals surface area contributed by atoms with Gasteiger partial charge in [-0.3, -0.25) is 0 Å². The van der Waals surface area contributed by atoms with Gasteiger partial charge in [0.05, 0.1) is 14.7 Å². The van der Waals surface area contributed by atoms with Crippen molar-refractivity contribution >= 4 is 47.7 Å². The van der Waals surface area contributed by atoms with Crippen molar-refractivity contribution in [3.63, 3.8) is 0 Å². The van der Waals surface area contributed by atoms with E-state index in [4.69, 9.17) is 0 Å². The summed E-state index contributed by atoms with van der Waals surface area (Å²) in [6.07, 6.45) is 0. The minimum atomic E-state index is -4.43. The summed E-state index contributed by atoms with van der Waals surface area (Å²) in [5, 5.41) is 27.6. The van der Waals surface area contributed by atoms with Gasteiger partial charge < -0.3 is 29.0 Å². The van der Waals surface area contributed by atoms with Crippen LogP contribution in [-0.4, -0.2) is 71.6 Å². The van der Waals surface area contributed by atoms with Crippen LogP contribution in [0.3, 0.4) is 0 Å². The van der Waals surface area contributed by atoms with Crippen molar-refractivity contribution < 1.29 is 54.2 Å². The Bertz CT molecular complexity index is 1510. The van der Waals surface area contributed by atoms with Crippen LogP contribution in [0, 0.1) is 41.5 Å². The molecule has 3 rings (SSSR count). The maximum Gasteiger partial charge on any atom is 0.124 e. The van der Waals surface area contributed by atoms with E-state index in [0.29, 0.717) is 33.4 Å². The number of hydrogen-bond acceptors (Lipinski definition) is 12. The van der Waals surface area contributed by atoms with Gasteiger partial charge in [-0.2, -0.15) is 0 Å². The largest absolute Gasteiger partial charge is 0.744 e. The Labute approximate surface area is 244 Å². The molecule has 219 valence electrons. The summed E-state index contributed by atoms with van der Waals surface area (Å²) in [6.45, 7) is 9.12. The molecule has 0 saturated heterocycles. The van der Waals surface area contributed by atoms with Crippen molar-refractivity contribution in [2.45, 2.75) is 56.2 Å². The highest BCUT2D eigenvalue weighted by atomic mass is 32.2. The summed E-state index contributed by atoms with van der Waals surface area (Å²) < 4.78 is 96.1. The molecule has 0 heterocycles. The second-order valence-corrected chi connectivity index (χ2v) is 12.4. The molecule has 0 amide bonds. The first-order valence-electron chi connectivity index (χ1n) is 10.8. The van der Waals surface area contributed by atoms with E-state index in [1.165, 1.54) is 39.0 Å². The maximum absolute atomic E-state index is 10.7. The smallest absolute Gasteiger partial charge is 0.124 e. The van der Waals surface area contributed by atoms with Crippen LogP contribution in [0.5, 0.6) is 17.2 Å². The van der Waals surface area contributed by atoms with Crippen LogP contribution in [0.1, 0.15) is 33.4 Å². The first-order valence-corrected chi connectivity index (χ1v) is 15.0. The molecule has 0 aliphatic rings. The molecule has 0 spiro atoms. The fraction of sp³-hybridized carbons (Fsp3) is 0.250. The van der Waals surface area contributed by atoms with Gasteiger partial charge in [0.2, 0.25) is 0 Å². The van der Waals surface area contributed by atoms with Crippen molar-refractivity contribution in [2.75, 3.05) is 0 Å². The number of phenols is 3. The van der Waals surface area contributed by atoms with E-state index in [9.17, 15) is 54.2 Å². The third-order valence-electron chi connectivity index (χ3n) is 5.93. The minimum absolute atomic E-state index is 0. The lowest BCUT2D eigenvalue weighted by atomic mass is 10.1. The second kappa shape index (κ2) is 13.8. The molecule has 0 aliphatic carbocycles. The molecule has 16 heteroatoms. The van der Waals surface area contributed by atoms with Crippen LogP contribution in [0.15, 0.2) is 51.1 Å². The lowest BCUT2D eigenvalue weighted by Crippen LogP contribution is -2.02. The summed E-state index contributed by atoms with van der Waals surface area (Å²) in [5.41, 5.74) is 2.14. The number of rotatable bonds is 3. The molecule has 3 N–H and O–H groups in total. The third kappa shape index (κ3) is 9.46. The highest BCUT2D eigenvalue weighted by Crippen LogP contribution is 2.27. The van der Waals surface area contributed by atoms with E-state index < -0.39 is 30.4 Å². The molecule has 0 aliphatic heterocycles. The molecule has 0 aromatic heterocycles. The van der Waals surface area contributed by atoms with Crippen LogP contribution in [0.2, 0.25) is 0 Å². The molecule has 3 aromatic carbocycles. The zero-order valence-corrected chi connectivity index (χ0v) is 25.9. The van der Waals surface area contributed by atoms with E-state index in [-0.39, 0.29) is 49.3 Å². The first kappa shape index (κ1) is 37.3. The van der Waals surface area contributed by atoms with Crippen LogP contribution in [-0.2, 0) is 30.4 Å². The van der Waals surface area contributed by atoms with E-state index in [0.717, 1.165) is 18.2 Å². The van der Waals surface area contributed by atoms with Gasteiger partial charge in [-0.25, -0.2) is 25.3 Å². The van der Waals surface area contributed by atoms with Crippen LogP contribution >= 0.6 is 0 Å². The average Bonchev–Trinajstić information content (AvgIpc) is 2.78. The summed E-state index contributed by atoms with van der Waals surface area (Å²) >= 11 is 0. The fourth-order valence-electron chi connectivity index (χ4n) is 3.16. The van der Waals surface area contributed by atoms with Crippen molar-refractivity contribution in [1.82, 2.24) is 0 Å². The van der Waals surface area contributed by atoms with E-state index in [2.05, 4.69) is 0 Å². The Hall–Kier alpha value is -2.68. The predicted octanol–water partition coefficient (Wildman–Crippen LogP) is 2.36. The molecule has 0 fully saturated rings. The SMILES string of the molecule is Cc1c(O)ccc(S(=O)(=O)[O-])c1C.Cc1c(O)ccc(S(=O)(=O)[O-])c1C.Cc1c(O)ccc(S(=O)(=O)[O-])c1C.[Al]. The first-order chi connectivity index (χ1) is 17.5. The lowest BCUT2D eigenvalue weighted by Gasteiger charge is -2.12.